The first kappa shape index (κ1) is 13.2. The van der Waals surface area contributed by atoms with Gasteiger partial charge >= 0.3 is 5.97 Å². The second-order valence-electron chi connectivity index (χ2n) is 4.73. The number of hydrogen-bond acceptors (Lipinski definition) is 3. The number of benzene rings is 1. The molecule has 0 aliphatic carbocycles. The minimum atomic E-state index is -0.496. The molecule has 0 spiro atoms. The van der Waals surface area contributed by atoms with Crippen LogP contribution in [0.3, 0.4) is 0 Å². The van der Waals surface area contributed by atoms with E-state index in [-0.39, 0.29) is 0 Å². The van der Waals surface area contributed by atoms with Crippen LogP contribution in [0.4, 0.5) is 0 Å². The number of fused-ring (bicyclic) bond motifs is 1. The van der Waals surface area contributed by atoms with Crippen molar-refractivity contribution in [2.45, 2.75) is 6.92 Å². The summed E-state index contributed by atoms with van der Waals surface area (Å²) in [6, 6.07) is 10.0. The van der Waals surface area contributed by atoms with E-state index in [0.717, 1.165) is 17.0 Å². The summed E-state index contributed by atoms with van der Waals surface area (Å²) >= 11 is 0. The van der Waals surface area contributed by atoms with Crippen molar-refractivity contribution in [3.05, 3.63) is 54.9 Å². The van der Waals surface area contributed by atoms with Crippen LogP contribution < -0.4 is 4.74 Å². The fraction of sp³-hybridized carbons (Fsp3) is 0.125. The highest BCUT2D eigenvalue weighted by molar-refractivity contribution is 5.85. The van der Waals surface area contributed by atoms with E-state index in [4.69, 9.17) is 4.74 Å². The maximum absolute atomic E-state index is 11.5. The Morgan fingerprint density at radius 3 is 2.86 bits per heavy atom. The van der Waals surface area contributed by atoms with Gasteiger partial charge in [0.15, 0.2) is 11.6 Å². The number of rotatable bonds is 3. The summed E-state index contributed by atoms with van der Waals surface area (Å²) in [5, 5.41) is 5.45. The number of esters is 1. The summed E-state index contributed by atoms with van der Waals surface area (Å²) < 4.78 is 9.02. The molecular weight excluding hydrogens is 266 g/mol. The molecule has 21 heavy (non-hydrogen) atoms. The van der Waals surface area contributed by atoms with E-state index in [0.29, 0.717) is 17.3 Å². The van der Waals surface area contributed by atoms with Crippen LogP contribution in [0.15, 0.2) is 49.2 Å². The zero-order valence-electron chi connectivity index (χ0n) is 11.9. The lowest BCUT2D eigenvalue weighted by atomic mass is 10.2. The average Bonchev–Trinajstić information content (AvgIpc) is 3.00. The number of carbonyl (C=O) groups excluding carboxylic acids is 1. The highest BCUT2D eigenvalue weighted by atomic mass is 16.5. The van der Waals surface area contributed by atoms with E-state index in [1.54, 1.807) is 11.6 Å². The van der Waals surface area contributed by atoms with Crippen LogP contribution in [-0.4, -0.2) is 20.3 Å². The van der Waals surface area contributed by atoms with Crippen molar-refractivity contribution in [3.63, 3.8) is 0 Å². The van der Waals surface area contributed by atoms with Gasteiger partial charge in [-0.15, -0.1) is 0 Å². The lowest BCUT2D eigenvalue weighted by Crippen LogP contribution is -2.08. The van der Waals surface area contributed by atoms with Crippen LogP contribution in [0.25, 0.3) is 16.7 Å². The van der Waals surface area contributed by atoms with Crippen LogP contribution in [0.5, 0.6) is 5.75 Å². The fourth-order valence-corrected chi connectivity index (χ4v) is 2.42. The second kappa shape index (κ2) is 4.94. The van der Waals surface area contributed by atoms with Gasteiger partial charge in [-0.25, -0.2) is 9.48 Å². The standard InChI is InChI=1S/C16H15N3O2/c1-4-14(20)21-15-11(2)17-18(3)16(15)19-10-9-12-7-5-6-8-13(12)19/h4-10H,1H2,2-3H3. The average molecular weight is 281 g/mol. The van der Waals surface area contributed by atoms with Crippen molar-refractivity contribution in [2.24, 2.45) is 7.05 Å². The maximum Gasteiger partial charge on any atom is 0.335 e. The first-order chi connectivity index (χ1) is 10.1. The Balaban J connectivity index is 2.22. The number of carbonyl (C=O) groups is 1. The molecule has 0 aliphatic rings. The third-order valence-corrected chi connectivity index (χ3v) is 3.34. The molecule has 106 valence electrons. The Morgan fingerprint density at radius 2 is 2.10 bits per heavy atom. The number of aryl methyl sites for hydroxylation is 2. The van der Waals surface area contributed by atoms with E-state index in [1.165, 1.54) is 0 Å². The molecule has 0 aliphatic heterocycles. The van der Waals surface area contributed by atoms with Crippen LogP contribution in [-0.2, 0) is 11.8 Å². The minimum Gasteiger partial charge on any atom is -0.417 e. The third-order valence-electron chi connectivity index (χ3n) is 3.34. The molecule has 2 aromatic heterocycles. The molecule has 0 saturated carbocycles. The van der Waals surface area contributed by atoms with Gasteiger partial charge in [0.1, 0.15) is 5.69 Å². The normalized spacial score (nSPS) is 10.8. The molecule has 0 unspecified atom stereocenters. The van der Waals surface area contributed by atoms with Crippen LogP contribution >= 0.6 is 0 Å². The van der Waals surface area contributed by atoms with E-state index in [9.17, 15) is 4.79 Å². The molecule has 0 fully saturated rings. The van der Waals surface area contributed by atoms with Crippen LogP contribution in [0, 0.1) is 6.92 Å². The van der Waals surface area contributed by atoms with Crippen LogP contribution in [0.1, 0.15) is 5.69 Å². The largest absolute Gasteiger partial charge is 0.417 e. The van der Waals surface area contributed by atoms with Gasteiger partial charge in [-0.05, 0) is 24.4 Å². The van der Waals surface area contributed by atoms with Gasteiger partial charge in [-0.1, -0.05) is 24.8 Å². The highest BCUT2D eigenvalue weighted by Crippen LogP contribution is 2.30. The van der Waals surface area contributed by atoms with E-state index >= 15 is 0 Å². The molecule has 5 nitrogen and oxygen atoms in total. The Kier molecular flexibility index (Phi) is 3.10. The van der Waals surface area contributed by atoms with Crippen molar-refractivity contribution in [1.82, 2.24) is 14.3 Å². The van der Waals surface area contributed by atoms with Gasteiger partial charge in [0.25, 0.3) is 0 Å². The molecule has 0 amide bonds. The van der Waals surface area contributed by atoms with Crippen LogP contribution in [0.2, 0.25) is 0 Å². The highest BCUT2D eigenvalue weighted by Gasteiger charge is 2.19. The van der Waals surface area contributed by atoms with E-state index in [1.807, 2.05) is 48.1 Å². The second-order valence-corrected chi connectivity index (χ2v) is 4.73. The zero-order valence-corrected chi connectivity index (χ0v) is 11.9. The number of aromatic nitrogens is 3. The van der Waals surface area contributed by atoms with Gasteiger partial charge in [0.2, 0.25) is 0 Å². The molecule has 5 heteroatoms. The summed E-state index contributed by atoms with van der Waals surface area (Å²) in [5.41, 5.74) is 1.68. The topological polar surface area (TPSA) is 49.0 Å². The number of hydrogen-bond donors (Lipinski definition) is 0. The van der Waals surface area contributed by atoms with E-state index < -0.39 is 5.97 Å². The van der Waals surface area contributed by atoms with Crippen molar-refractivity contribution >= 4 is 16.9 Å². The molecule has 1 aromatic carbocycles. The number of nitrogens with zero attached hydrogens (tertiary/aromatic N) is 3. The zero-order chi connectivity index (χ0) is 15.0. The summed E-state index contributed by atoms with van der Waals surface area (Å²) in [7, 11) is 1.82. The van der Waals surface area contributed by atoms with Crippen molar-refractivity contribution < 1.29 is 9.53 Å². The molecule has 2 heterocycles. The third kappa shape index (κ3) is 2.12. The molecule has 3 aromatic rings. The number of para-hydroxylation sites is 1. The lowest BCUT2D eigenvalue weighted by Gasteiger charge is -2.09. The first-order valence-corrected chi connectivity index (χ1v) is 6.56. The van der Waals surface area contributed by atoms with Crippen molar-refractivity contribution in [3.8, 4) is 11.6 Å². The quantitative estimate of drug-likeness (QED) is 0.548. The fourth-order valence-electron chi connectivity index (χ4n) is 2.42. The molecule has 0 saturated heterocycles. The summed E-state index contributed by atoms with van der Waals surface area (Å²) in [6.07, 6.45) is 3.08. The van der Waals surface area contributed by atoms with Crippen molar-refractivity contribution in [2.75, 3.05) is 0 Å². The van der Waals surface area contributed by atoms with Gasteiger partial charge in [-0.2, -0.15) is 5.10 Å². The molecular formula is C16H15N3O2. The van der Waals surface area contributed by atoms with Gasteiger partial charge in [0.05, 0.1) is 5.52 Å². The molecule has 0 radical (unpaired) electrons. The molecule has 0 N–H and O–H groups in total. The summed E-state index contributed by atoms with van der Waals surface area (Å²) in [4.78, 5) is 11.5. The minimum absolute atomic E-state index is 0.448. The summed E-state index contributed by atoms with van der Waals surface area (Å²) in [5.74, 6) is 0.663. The molecule has 0 bridgehead atoms. The Bertz CT molecular complexity index is 842. The molecule has 0 atom stereocenters. The summed E-state index contributed by atoms with van der Waals surface area (Å²) in [6.45, 7) is 5.23. The SMILES string of the molecule is C=CC(=O)Oc1c(C)nn(C)c1-n1ccc2ccccc21. The van der Waals surface area contributed by atoms with Gasteiger partial charge < -0.3 is 4.74 Å². The Labute approximate surface area is 122 Å². The Morgan fingerprint density at radius 1 is 1.33 bits per heavy atom. The van der Waals surface area contributed by atoms with Crippen molar-refractivity contribution in [1.29, 1.82) is 0 Å². The molecule has 3 rings (SSSR count). The van der Waals surface area contributed by atoms with Gasteiger partial charge in [0, 0.05) is 19.3 Å². The lowest BCUT2D eigenvalue weighted by molar-refractivity contribution is -0.129. The smallest absolute Gasteiger partial charge is 0.335 e. The van der Waals surface area contributed by atoms with Gasteiger partial charge in [-0.3, -0.25) is 4.57 Å². The van der Waals surface area contributed by atoms with E-state index in [2.05, 4.69) is 11.7 Å². The number of ether oxygens (including phenoxy) is 1. The maximum atomic E-state index is 11.5. The predicted molar refractivity (Wildman–Crippen MR) is 80.6 cm³/mol. The Hall–Kier alpha value is -2.82. The predicted octanol–water partition coefficient (Wildman–Crippen LogP) is 2.76. The monoisotopic (exact) mass is 281 g/mol. The first-order valence-electron chi connectivity index (χ1n) is 6.56.